The number of hydrogen-bond donors (Lipinski definition) is 2. The molecule has 1 aliphatic carbocycles. The van der Waals surface area contributed by atoms with Gasteiger partial charge in [0.15, 0.2) is 0 Å². The molecule has 0 aliphatic heterocycles. The molecule has 2 unspecified atom stereocenters. The van der Waals surface area contributed by atoms with Gasteiger partial charge in [-0.2, -0.15) is 0 Å². The van der Waals surface area contributed by atoms with Gasteiger partial charge in [-0.3, -0.25) is 4.79 Å². The van der Waals surface area contributed by atoms with Crippen molar-refractivity contribution in [3.63, 3.8) is 0 Å². The topological polar surface area (TPSA) is 94.5 Å². The highest BCUT2D eigenvalue weighted by Gasteiger charge is 2.45. The molecule has 0 bridgehead atoms. The predicted molar refractivity (Wildman–Crippen MR) is 164 cm³/mol. The Morgan fingerprint density at radius 2 is 1.09 bits per heavy atom. The van der Waals surface area contributed by atoms with E-state index in [9.17, 15) is 15.0 Å². The Morgan fingerprint density at radius 3 is 1.53 bits per heavy atom. The highest BCUT2D eigenvalue weighted by atomic mass is 16.5. The normalized spacial score (nSPS) is 14.7. The molecule has 0 amide bonds. The Morgan fingerprint density at radius 1 is 0.651 bits per heavy atom. The molecule has 224 valence electrons. The molecular formula is C36H38O7. The van der Waals surface area contributed by atoms with Gasteiger partial charge in [0.2, 0.25) is 0 Å². The third-order valence-corrected chi connectivity index (χ3v) is 7.48. The van der Waals surface area contributed by atoms with Gasteiger partial charge < -0.3 is 29.2 Å². The second-order valence-electron chi connectivity index (χ2n) is 11.7. The second-order valence-corrected chi connectivity index (χ2v) is 11.7. The van der Waals surface area contributed by atoms with Crippen LogP contribution in [-0.2, 0) is 19.7 Å². The molecule has 4 aromatic carbocycles. The lowest BCUT2D eigenvalue weighted by atomic mass is 9.68. The maximum Gasteiger partial charge on any atom is 0.293 e. The van der Waals surface area contributed by atoms with Gasteiger partial charge in [0, 0.05) is 0 Å². The van der Waals surface area contributed by atoms with Crippen LogP contribution in [0.1, 0.15) is 43.0 Å². The SMILES string of the molecule is CC(C)(C)OCC(O)COc1ccc(C2(c3ccc(OCC(O)COC=O)cc3)c3ccccc3-c3ccccc32)cc1. The minimum atomic E-state index is -0.919. The third kappa shape index (κ3) is 6.59. The van der Waals surface area contributed by atoms with Crippen LogP contribution in [0, 0.1) is 0 Å². The molecule has 4 aromatic rings. The molecule has 0 aromatic heterocycles. The maximum atomic E-state index is 10.4. The molecule has 0 heterocycles. The van der Waals surface area contributed by atoms with E-state index in [4.69, 9.17) is 14.2 Å². The number of hydrogen-bond acceptors (Lipinski definition) is 7. The summed E-state index contributed by atoms with van der Waals surface area (Å²) >= 11 is 0. The van der Waals surface area contributed by atoms with Crippen LogP contribution in [-0.4, -0.2) is 60.9 Å². The zero-order valence-corrected chi connectivity index (χ0v) is 24.7. The Hall–Kier alpha value is -4.17. The van der Waals surface area contributed by atoms with Crippen molar-refractivity contribution in [1.29, 1.82) is 0 Å². The first-order chi connectivity index (χ1) is 20.7. The standard InChI is InChI=1S/C36H38O7/c1-35(2,3)43-23-28(39)22-42-30-18-14-26(15-19-30)36(25-12-16-29(17-13-25)41-21-27(38)20-40-24-37)33-10-6-4-8-31(33)32-9-5-7-11-34(32)36/h4-19,24,27-28,38-39H,20-23H2,1-3H3. The summed E-state index contributed by atoms with van der Waals surface area (Å²) in [6.07, 6.45) is -1.66. The summed E-state index contributed by atoms with van der Waals surface area (Å²) in [6.45, 7) is 6.36. The minimum absolute atomic E-state index is 0.00247. The molecule has 0 spiro atoms. The zero-order chi connectivity index (χ0) is 30.5. The van der Waals surface area contributed by atoms with E-state index in [1.807, 2.05) is 45.0 Å². The number of benzene rings is 4. The van der Waals surface area contributed by atoms with Gasteiger partial charge in [-0.1, -0.05) is 72.8 Å². The smallest absolute Gasteiger partial charge is 0.293 e. The fraction of sp³-hybridized carbons (Fsp3) is 0.306. The molecule has 0 fully saturated rings. The number of fused-ring (bicyclic) bond motifs is 3. The van der Waals surface area contributed by atoms with E-state index in [1.165, 1.54) is 22.3 Å². The van der Waals surface area contributed by atoms with Crippen LogP contribution in [0.3, 0.4) is 0 Å². The van der Waals surface area contributed by atoms with Crippen molar-refractivity contribution < 1.29 is 34.0 Å². The van der Waals surface area contributed by atoms with Crippen molar-refractivity contribution in [2.45, 2.75) is 44.0 Å². The third-order valence-electron chi connectivity index (χ3n) is 7.48. The maximum absolute atomic E-state index is 10.4. The largest absolute Gasteiger partial charge is 0.491 e. The molecule has 2 N–H and O–H groups in total. The van der Waals surface area contributed by atoms with Crippen molar-refractivity contribution in [2.24, 2.45) is 0 Å². The lowest BCUT2D eigenvalue weighted by molar-refractivity contribution is -0.132. The quantitative estimate of drug-likeness (QED) is 0.177. The van der Waals surface area contributed by atoms with E-state index in [2.05, 4.69) is 77.5 Å². The first-order valence-corrected chi connectivity index (χ1v) is 14.4. The highest BCUT2D eigenvalue weighted by Crippen LogP contribution is 2.56. The average molecular weight is 583 g/mol. The van der Waals surface area contributed by atoms with Crippen molar-refractivity contribution in [3.8, 4) is 22.6 Å². The summed E-state index contributed by atoms with van der Waals surface area (Å²) < 4.78 is 22.0. The molecular weight excluding hydrogens is 544 g/mol. The van der Waals surface area contributed by atoms with Crippen LogP contribution in [0.15, 0.2) is 97.1 Å². The van der Waals surface area contributed by atoms with Crippen LogP contribution in [0.5, 0.6) is 11.5 Å². The molecule has 0 saturated carbocycles. The van der Waals surface area contributed by atoms with E-state index >= 15 is 0 Å². The Bertz CT molecular complexity index is 1460. The van der Waals surface area contributed by atoms with Crippen LogP contribution < -0.4 is 9.47 Å². The van der Waals surface area contributed by atoms with Crippen molar-refractivity contribution >= 4 is 6.47 Å². The summed E-state index contributed by atoms with van der Waals surface area (Å²) in [5.74, 6) is 1.26. The van der Waals surface area contributed by atoms with Gasteiger partial charge >= 0.3 is 0 Å². The van der Waals surface area contributed by atoms with Crippen LogP contribution in [0.25, 0.3) is 11.1 Å². The van der Waals surface area contributed by atoms with Gasteiger partial charge in [-0.15, -0.1) is 0 Å². The summed E-state index contributed by atoms with van der Waals surface area (Å²) in [5, 5.41) is 20.3. The van der Waals surface area contributed by atoms with Crippen LogP contribution in [0.2, 0.25) is 0 Å². The van der Waals surface area contributed by atoms with E-state index < -0.39 is 17.6 Å². The van der Waals surface area contributed by atoms with Crippen molar-refractivity contribution in [2.75, 3.05) is 26.4 Å². The Balaban J connectivity index is 1.47. The van der Waals surface area contributed by atoms with E-state index in [0.717, 1.165) is 11.1 Å². The van der Waals surface area contributed by atoms with Crippen LogP contribution >= 0.6 is 0 Å². The van der Waals surface area contributed by atoms with Gasteiger partial charge in [0.05, 0.1) is 17.6 Å². The summed E-state index contributed by atoms with van der Waals surface area (Å²) in [7, 11) is 0. The number of ether oxygens (including phenoxy) is 4. The lowest BCUT2D eigenvalue weighted by Crippen LogP contribution is -2.30. The van der Waals surface area contributed by atoms with E-state index in [-0.39, 0.29) is 32.0 Å². The van der Waals surface area contributed by atoms with Gasteiger partial charge in [0.25, 0.3) is 6.47 Å². The van der Waals surface area contributed by atoms with Gasteiger partial charge in [-0.05, 0) is 78.4 Å². The molecule has 5 rings (SSSR count). The average Bonchev–Trinajstić information content (AvgIpc) is 3.32. The van der Waals surface area contributed by atoms with Gasteiger partial charge in [-0.25, -0.2) is 0 Å². The van der Waals surface area contributed by atoms with E-state index in [0.29, 0.717) is 18.0 Å². The fourth-order valence-electron chi connectivity index (χ4n) is 5.60. The van der Waals surface area contributed by atoms with Crippen LogP contribution in [0.4, 0.5) is 0 Å². The molecule has 7 heteroatoms. The molecule has 0 saturated heterocycles. The first kappa shape index (κ1) is 30.3. The molecule has 2 atom stereocenters. The summed E-state index contributed by atoms with van der Waals surface area (Å²) in [4.78, 5) is 10.4. The molecule has 7 nitrogen and oxygen atoms in total. The highest BCUT2D eigenvalue weighted by molar-refractivity contribution is 5.86. The number of aliphatic hydroxyl groups excluding tert-OH is 2. The summed E-state index contributed by atoms with van der Waals surface area (Å²) in [6, 6.07) is 32.9. The van der Waals surface area contributed by atoms with E-state index in [1.54, 1.807) is 0 Å². The minimum Gasteiger partial charge on any atom is -0.491 e. The van der Waals surface area contributed by atoms with Crippen molar-refractivity contribution in [1.82, 2.24) is 0 Å². The Kier molecular flexibility index (Phi) is 9.16. The Labute approximate surface area is 252 Å². The molecule has 43 heavy (non-hydrogen) atoms. The second kappa shape index (κ2) is 13.0. The summed E-state index contributed by atoms with van der Waals surface area (Å²) in [5.41, 5.74) is 5.92. The van der Waals surface area contributed by atoms with Crippen molar-refractivity contribution in [3.05, 3.63) is 119 Å². The zero-order valence-electron chi connectivity index (χ0n) is 24.7. The van der Waals surface area contributed by atoms with Gasteiger partial charge in [0.1, 0.15) is 43.5 Å². The monoisotopic (exact) mass is 582 g/mol. The predicted octanol–water partition coefficient (Wildman–Crippen LogP) is 5.52. The number of carbonyl (C=O) groups is 1. The molecule has 0 radical (unpaired) electrons. The molecule has 1 aliphatic rings. The number of carbonyl (C=O) groups excluding carboxylic acids is 1. The fourth-order valence-corrected chi connectivity index (χ4v) is 5.60. The number of rotatable bonds is 13. The lowest BCUT2D eigenvalue weighted by Gasteiger charge is -2.34. The first-order valence-electron chi connectivity index (χ1n) is 14.4. The number of aliphatic hydroxyl groups is 2.